The van der Waals surface area contributed by atoms with Crippen molar-refractivity contribution in [3.05, 3.63) is 52.2 Å². The molecule has 92 valence electrons. The molecule has 0 saturated carbocycles. The van der Waals surface area contributed by atoms with Crippen LogP contribution in [0.5, 0.6) is 5.75 Å². The Kier molecular flexibility index (Phi) is 4.09. The fourth-order valence-corrected chi connectivity index (χ4v) is 1.91. The number of nitrogens with zero attached hydrogens (tertiary/aromatic N) is 1. The van der Waals surface area contributed by atoms with E-state index in [0.29, 0.717) is 11.3 Å². The Bertz CT molecular complexity index is 533. The van der Waals surface area contributed by atoms with Crippen molar-refractivity contribution in [3.8, 4) is 5.75 Å². The molecule has 0 atom stereocenters. The second-order valence-electron chi connectivity index (χ2n) is 3.44. The molecule has 2 rings (SSSR count). The van der Waals surface area contributed by atoms with Gasteiger partial charge in [-0.2, -0.15) is 5.10 Å². The molecular formula is C13H12N2O2S. The molecule has 2 aromatic rings. The maximum absolute atomic E-state index is 11.7. The molecule has 18 heavy (non-hydrogen) atoms. The summed E-state index contributed by atoms with van der Waals surface area (Å²) in [6.45, 7) is 0. The van der Waals surface area contributed by atoms with E-state index < -0.39 is 0 Å². The van der Waals surface area contributed by atoms with Crippen LogP contribution in [0, 0.1) is 0 Å². The molecular weight excluding hydrogens is 248 g/mol. The zero-order valence-corrected chi connectivity index (χ0v) is 10.6. The lowest BCUT2D eigenvalue weighted by molar-refractivity contribution is 0.0955. The van der Waals surface area contributed by atoms with Gasteiger partial charge in [0, 0.05) is 10.4 Å². The summed E-state index contributed by atoms with van der Waals surface area (Å²) >= 11 is 1.56. The zero-order chi connectivity index (χ0) is 12.8. The fourth-order valence-electron chi connectivity index (χ4n) is 1.33. The lowest BCUT2D eigenvalue weighted by Gasteiger charge is -2.01. The Morgan fingerprint density at radius 2 is 2.11 bits per heavy atom. The van der Waals surface area contributed by atoms with E-state index in [-0.39, 0.29) is 5.91 Å². The maximum Gasteiger partial charge on any atom is 0.271 e. The van der Waals surface area contributed by atoms with Gasteiger partial charge in [-0.1, -0.05) is 6.07 Å². The van der Waals surface area contributed by atoms with Crippen LogP contribution in [0.4, 0.5) is 0 Å². The van der Waals surface area contributed by atoms with E-state index in [4.69, 9.17) is 4.74 Å². The molecule has 5 heteroatoms. The van der Waals surface area contributed by atoms with Gasteiger partial charge in [-0.05, 0) is 35.7 Å². The molecule has 1 aromatic carbocycles. The number of methoxy groups -OCH3 is 1. The molecule has 1 heterocycles. The number of rotatable bonds is 4. The minimum absolute atomic E-state index is 0.245. The molecule has 0 aliphatic rings. The fraction of sp³-hybridized carbons (Fsp3) is 0.0769. The quantitative estimate of drug-likeness (QED) is 0.678. The number of ether oxygens (including phenoxy) is 1. The Balaban J connectivity index is 1.95. The molecule has 1 N–H and O–H groups in total. The van der Waals surface area contributed by atoms with Crippen molar-refractivity contribution in [2.45, 2.75) is 0 Å². The molecule has 0 radical (unpaired) electrons. The van der Waals surface area contributed by atoms with Crippen LogP contribution in [0.1, 0.15) is 15.2 Å². The van der Waals surface area contributed by atoms with Crippen molar-refractivity contribution in [3.63, 3.8) is 0 Å². The van der Waals surface area contributed by atoms with E-state index in [2.05, 4.69) is 10.5 Å². The third-order valence-electron chi connectivity index (χ3n) is 2.25. The SMILES string of the molecule is COc1ccc(C(=O)N/N=C/c2cccs2)cc1. The summed E-state index contributed by atoms with van der Waals surface area (Å²) in [5, 5.41) is 5.84. The number of carbonyl (C=O) groups is 1. The molecule has 0 bridgehead atoms. The third kappa shape index (κ3) is 3.18. The Labute approximate surface area is 109 Å². The van der Waals surface area contributed by atoms with Crippen LogP contribution in [0.25, 0.3) is 0 Å². The Morgan fingerprint density at radius 3 is 2.72 bits per heavy atom. The van der Waals surface area contributed by atoms with Gasteiger partial charge in [0.2, 0.25) is 0 Å². The lowest BCUT2D eigenvalue weighted by atomic mass is 10.2. The van der Waals surface area contributed by atoms with Crippen LogP contribution >= 0.6 is 11.3 Å². The standard InChI is InChI=1S/C13H12N2O2S/c1-17-11-6-4-10(5-7-11)13(16)15-14-9-12-3-2-8-18-12/h2-9H,1H3,(H,15,16)/b14-9+. The lowest BCUT2D eigenvalue weighted by Crippen LogP contribution is -2.17. The van der Waals surface area contributed by atoms with Crippen molar-refractivity contribution in [2.24, 2.45) is 5.10 Å². The summed E-state index contributed by atoms with van der Waals surface area (Å²) < 4.78 is 5.02. The molecule has 0 aliphatic carbocycles. The normalized spacial score (nSPS) is 10.5. The van der Waals surface area contributed by atoms with Gasteiger partial charge in [0.15, 0.2) is 0 Å². The van der Waals surface area contributed by atoms with E-state index in [1.807, 2.05) is 17.5 Å². The molecule has 0 spiro atoms. The van der Waals surface area contributed by atoms with Crippen LogP contribution in [0.15, 0.2) is 46.9 Å². The second kappa shape index (κ2) is 5.97. The average Bonchev–Trinajstić information content (AvgIpc) is 2.92. The molecule has 0 fully saturated rings. The van der Waals surface area contributed by atoms with Crippen LogP contribution in [0.2, 0.25) is 0 Å². The first-order valence-corrected chi connectivity index (χ1v) is 6.18. The predicted octanol–water partition coefficient (Wildman–Crippen LogP) is 2.52. The number of nitrogens with one attached hydrogen (secondary N) is 1. The van der Waals surface area contributed by atoms with E-state index in [1.54, 1.807) is 48.9 Å². The number of amides is 1. The minimum atomic E-state index is -0.245. The van der Waals surface area contributed by atoms with Gasteiger partial charge in [0.1, 0.15) is 5.75 Å². The van der Waals surface area contributed by atoms with E-state index in [1.165, 1.54) is 0 Å². The first kappa shape index (κ1) is 12.3. The number of hydrogen-bond donors (Lipinski definition) is 1. The maximum atomic E-state index is 11.7. The van der Waals surface area contributed by atoms with Crippen LogP contribution in [0.3, 0.4) is 0 Å². The summed E-state index contributed by atoms with van der Waals surface area (Å²) in [5.74, 6) is 0.471. The van der Waals surface area contributed by atoms with Crippen molar-refractivity contribution in [2.75, 3.05) is 7.11 Å². The van der Waals surface area contributed by atoms with Crippen molar-refractivity contribution < 1.29 is 9.53 Å². The number of thiophene rings is 1. The molecule has 4 nitrogen and oxygen atoms in total. The highest BCUT2D eigenvalue weighted by atomic mass is 32.1. The van der Waals surface area contributed by atoms with Crippen molar-refractivity contribution >= 4 is 23.5 Å². The van der Waals surface area contributed by atoms with Crippen LogP contribution in [-0.4, -0.2) is 19.2 Å². The predicted molar refractivity (Wildman–Crippen MR) is 72.4 cm³/mol. The Morgan fingerprint density at radius 1 is 1.33 bits per heavy atom. The molecule has 0 aliphatic heterocycles. The van der Waals surface area contributed by atoms with Gasteiger partial charge in [-0.15, -0.1) is 11.3 Å². The smallest absolute Gasteiger partial charge is 0.271 e. The first-order valence-electron chi connectivity index (χ1n) is 5.30. The third-order valence-corrected chi connectivity index (χ3v) is 3.06. The molecule has 1 amide bonds. The highest BCUT2D eigenvalue weighted by molar-refractivity contribution is 7.11. The number of hydrogen-bond acceptors (Lipinski definition) is 4. The molecule has 1 aromatic heterocycles. The summed E-state index contributed by atoms with van der Waals surface area (Å²) in [4.78, 5) is 12.7. The summed E-state index contributed by atoms with van der Waals surface area (Å²) in [6.07, 6.45) is 1.62. The van der Waals surface area contributed by atoms with Gasteiger partial charge in [0.05, 0.1) is 13.3 Å². The minimum Gasteiger partial charge on any atom is -0.497 e. The largest absolute Gasteiger partial charge is 0.497 e. The average molecular weight is 260 g/mol. The van der Waals surface area contributed by atoms with Gasteiger partial charge in [0.25, 0.3) is 5.91 Å². The van der Waals surface area contributed by atoms with Crippen molar-refractivity contribution in [1.82, 2.24) is 5.43 Å². The number of benzene rings is 1. The van der Waals surface area contributed by atoms with Gasteiger partial charge in [-0.3, -0.25) is 4.79 Å². The van der Waals surface area contributed by atoms with Gasteiger partial charge < -0.3 is 4.74 Å². The summed E-state index contributed by atoms with van der Waals surface area (Å²) in [6, 6.07) is 10.7. The van der Waals surface area contributed by atoms with Gasteiger partial charge >= 0.3 is 0 Å². The Hall–Kier alpha value is -2.14. The van der Waals surface area contributed by atoms with E-state index in [0.717, 1.165) is 4.88 Å². The highest BCUT2D eigenvalue weighted by Gasteiger charge is 2.03. The topological polar surface area (TPSA) is 50.7 Å². The monoisotopic (exact) mass is 260 g/mol. The number of carbonyl (C=O) groups excluding carboxylic acids is 1. The summed E-state index contributed by atoms with van der Waals surface area (Å²) in [5.41, 5.74) is 3.01. The van der Waals surface area contributed by atoms with Crippen LogP contribution in [-0.2, 0) is 0 Å². The van der Waals surface area contributed by atoms with Crippen LogP contribution < -0.4 is 10.2 Å². The number of hydrazone groups is 1. The van der Waals surface area contributed by atoms with E-state index in [9.17, 15) is 4.79 Å². The molecule has 0 saturated heterocycles. The second-order valence-corrected chi connectivity index (χ2v) is 4.42. The highest BCUT2D eigenvalue weighted by Crippen LogP contribution is 2.11. The zero-order valence-electron chi connectivity index (χ0n) is 9.79. The van der Waals surface area contributed by atoms with E-state index >= 15 is 0 Å². The first-order chi connectivity index (χ1) is 8.79. The van der Waals surface area contributed by atoms with Gasteiger partial charge in [-0.25, -0.2) is 5.43 Å². The van der Waals surface area contributed by atoms with Crippen molar-refractivity contribution in [1.29, 1.82) is 0 Å². The molecule has 0 unspecified atom stereocenters. The summed E-state index contributed by atoms with van der Waals surface area (Å²) in [7, 11) is 1.58.